The molecule has 0 saturated heterocycles. The molecule has 172 valence electrons. The summed E-state index contributed by atoms with van der Waals surface area (Å²) in [6.07, 6.45) is 1.51. The number of likely N-dealkylation sites (N-methyl/N-ethyl adjacent to an activating group) is 1. The number of aromatic nitrogens is 1. The minimum atomic E-state index is -1.33. The number of fused-ring (bicyclic) bond motifs is 1. The normalized spacial score (nSPS) is 17.4. The number of nitrogens with zero attached hydrogens (tertiary/aromatic N) is 3. The Morgan fingerprint density at radius 3 is 2.39 bits per heavy atom. The van der Waals surface area contributed by atoms with Gasteiger partial charge in [0.1, 0.15) is 5.82 Å². The molecule has 0 aliphatic carbocycles. The quantitative estimate of drug-likeness (QED) is 0.528. The van der Waals surface area contributed by atoms with Crippen molar-refractivity contribution in [2.45, 2.75) is 25.1 Å². The first-order valence-corrected chi connectivity index (χ1v) is 11.2. The van der Waals surface area contributed by atoms with Crippen LogP contribution in [0, 0.1) is 5.82 Å². The highest BCUT2D eigenvalue weighted by Crippen LogP contribution is 2.42. The molecule has 1 aliphatic heterocycles. The zero-order chi connectivity index (χ0) is 23.9. The summed E-state index contributed by atoms with van der Waals surface area (Å²) in [5, 5.41) is 12.0. The lowest BCUT2D eigenvalue weighted by atomic mass is 9.89. The molecule has 1 N–H and O–H groups in total. The lowest BCUT2D eigenvalue weighted by Crippen LogP contribution is -2.35. The Hall–Kier alpha value is -2.51. The van der Waals surface area contributed by atoms with Crippen molar-refractivity contribution >= 4 is 29.1 Å². The smallest absolute Gasteiger partial charge is 0.255 e. The third-order valence-corrected chi connectivity index (χ3v) is 6.23. The van der Waals surface area contributed by atoms with Crippen molar-refractivity contribution in [3.63, 3.8) is 0 Å². The molecule has 0 fully saturated rings. The summed E-state index contributed by atoms with van der Waals surface area (Å²) in [5.41, 5.74) is 0.883. The molecule has 1 amide bonds. The zero-order valence-electron chi connectivity index (χ0n) is 18.5. The Balaban J connectivity index is 1.83. The number of hydrogen-bond donors (Lipinski definition) is 1. The average molecular weight is 488 g/mol. The van der Waals surface area contributed by atoms with E-state index in [0.717, 1.165) is 5.56 Å². The molecule has 0 saturated carbocycles. The van der Waals surface area contributed by atoms with E-state index in [4.69, 9.17) is 23.2 Å². The van der Waals surface area contributed by atoms with E-state index in [2.05, 4.69) is 4.98 Å². The van der Waals surface area contributed by atoms with Crippen molar-refractivity contribution in [3.05, 3.63) is 98.5 Å². The van der Waals surface area contributed by atoms with Crippen LogP contribution in [-0.2, 0) is 12.1 Å². The third-order valence-electron chi connectivity index (χ3n) is 5.76. The third kappa shape index (κ3) is 4.75. The minimum Gasteiger partial charge on any atom is -0.384 e. The molecule has 2 heterocycles. The van der Waals surface area contributed by atoms with E-state index in [1.165, 1.54) is 12.3 Å². The summed E-state index contributed by atoms with van der Waals surface area (Å²) >= 11 is 12.0. The van der Waals surface area contributed by atoms with Crippen LogP contribution in [0.1, 0.15) is 45.7 Å². The van der Waals surface area contributed by atoms with Gasteiger partial charge in [0, 0.05) is 28.9 Å². The van der Waals surface area contributed by atoms with Gasteiger partial charge in [0.25, 0.3) is 5.91 Å². The van der Waals surface area contributed by atoms with E-state index in [-0.39, 0.29) is 30.1 Å². The summed E-state index contributed by atoms with van der Waals surface area (Å²) < 4.78 is 15.6. The summed E-state index contributed by atoms with van der Waals surface area (Å²) in [6.45, 7) is 2.05. The number of amides is 1. The van der Waals surface area contributed by atoms with Crippen molar-refractivity contribution in [3.8, 4) is 0 Å². The van der Waals surface area contributed by atoms with Crippen molar-refractivity contribution in [2.24, 2.45) is 0 Å². The maximum absolute atomic E-state index is 15.6. The number of carbonyl (C=O) groups excluding carboxylic acids is 1. The van der Waals surface area contributed by atoms with Crippen molar-refractivity contribution < 1.29 is 14.3 Å². The lowest BCUT2D eigenvalue weighted by molar-refractivity contribution is 0.0297. The number of carbonyl (C=O) groups is 1. The van der Waals surface area contributed by atoms with E-state index in [0.29, 0.717) is 21.3 Å². The molecule has 2 aromatic carbocycles. The second-order valence-corrected chi connectivity index (χ2v) is 9.66. The van der Waals surface area contributed by atoms with Gasteiger partial charge in [-0.3, -0.25) is 9.78 Å². The summed E-state index contributed by atoms with van der Waals surface area (Å²) in [5.74, 6) is -0.871. The topological polar surface area (TPSA) is 56.7 Å². The number of halogens is 3. The fourth-order valence-corrected chi connectivity index (χ4v) is 4.59. The fraction of sp³-hybridized carbons (Fsp3) is 0.280. The molecular formula is C25H24Cl2FN3O2. The van der Waals surface area contributed by atoms with Gasteiger partial charge in [0.15, 0.2) is 0 Å². The van der Waals surface area contributed by atoms with Crippen molar-refractivity contribution in [1.82, 2.24) is 14.8 Å². The van der Waals surface area contributed by atoms with Crippen LogP contribution in [0.4, 0.5) is 4.39 Å². The van der Waals surface area contributed by atoms with E-state index in [1.807, 2.05) is 19.0 Å². The molecule has 33 heavy (non-hydrogen) atoms. The number of benzene rings is 2. The molecule has 2 unspecified atom stereocenters. The number of aliphatic hydroxyl groups is 1. The van der Waals surface area contributed by atoms with Gasteiger partial charge in [-0.15, -0.1) is 0 Å². The number of hydrogen-bond acceptors (Lipinski definition) is 4. The Morgan fingerprint density at radius 2 is 1.79 bits per heavy atom. The van der Waals surface area contributed by atoms with Crippen LogP contribution in [-0.4, -0.2) is 46.4 Å². The van der Waals surface area contributed by atoms with Gasteiger partial charge < -0.3 is 14.9 Å². The van der Waals surface area contributed by atoms with Gasteiger partial charge >= 0.3 is 0 Å². The fourth-order valence-electron chi connectivity index (χ4n) is 4.35. The molecule has 3 aromatic rings. The lowest BCUT2D eigenvalue weighted by Gasteiger charge is -2.28. The summed E-state index contributed by atoms with van der Waals surface area (Å²) in [4.78, 5) is 21.3. The summed E-state index contributed by atoms with van der Waals surface area (Å²) in [7, 11) is 3.64. The number of rotatable bonds is 6. The molecule has 0 radical (unpaired) electrons. The molecule has 2 atom stereocenters. The molecule has 5 nitrogen and oxygen atoms in total. The van der Waals surface area contributed by atoms with E-state index in [9.17, 15) is 9.90 Å². The highest BCUT2D eigenvalue weighted by Gasteiger charge is 2.41. The molecule has 0 bridgehead atoms. The second-order valence-electron chi connectivity index (χ2n) is 8.79. The average Bonchev–Trinajstić information content (AvgIpc) is 3.02. The van der Waals surface area contributed by atoms with E-state index < -0.39 is 17.5 Å². The second kappa shape index (κ2) is 9.03. The first-order chi connectivity index (χ1) is 15.6. The molecular weight excluding hydrogens is 464 g/mol. The molecule has 4 rings (SSSR count). The van der Waals surface area contributed by atoms with Gasteiger partial charge in [0.2, 0.25) is 0 Å². The van der Waals surface area contributed by atoms with E-state index in [1.54, 1.807) is 54.3 Å². The molecule has 8 heteroatoms. The van der Waals surface area contributed by atoms with Crippen LogP contribution in [0.25, 0.3) is 0 Å². The maximum Gasteiger partial charge on any atom is 0.255 e. The monoisotopic (exact) mass is 487 g/mol. The van der Waals surface area contributed by atoms with Crippen LogP contribution in [0.3, 0.4) is 0 Å². The minimum absolute atomic E-state index is 0.167. The largest absolute Gasteiger partial charge is 0.384 e. The van der Waals surface area contributed by atoms with E-state index >= 15 is 4.39 Å². The van der Waals surface area contributed by atoms with Crippen LogP contribution in [0.2, 0.25) is 10.0 Å². The molecule has 0 spiro atoms. The number of pyridine rings is 1. The Morgan fingerprint density at radius 1 is 1.12 bits per heavy atom. The zero-order valence-corrected chi connectivity index (χ0v) is 20.0. The SMILES string of the molecule is CN(C)CC(C)(O)c1cc(F)c2c(c1)C(=O)N(Cc1ccc(Cl)cn1)C2c1ccc(Cl)cc1. The summed E-state index contributed by atoms with van der Waals surface area (Å²) in [6, 6.07) is 12.7. The predicted octanol–water partition coefficient (Wildman–Crippen LogP) is 5.04. The van der Waals surface area contributed by atoms with Crippen LogP contribution in [0.15, 0.2) is 54.7 Å². The van der Waals surface area contributed by atoms with Crippen LogP contribution >= 0.6 is 23.2 Å². The Labute approximate surface area is 202 Å². The standard InChI is InChI=1S/C25H24Cl2FN3O2/c1-25(33,14-30(2)3)16-10-20-22(21(28)11-16)23(15-4-6-17(26)7-5-15)31(24(20)32)13-19-9-8-18(27)12-29-19/h4-12,23,33H,13-14H2,1-3H3. The molecule has 1 aromatic heterocycles. The van der Waals surface area contributed by atoms with Crippen LogP contribution in [0.5, 0.6) is 0 Å². The van der Waals surface area contributed by atoms with Gasteiger partial charge in [-0.1, -0.05) is 35.3 Å². The van der Waals surface area contributed by atoms with Crippen molar-refractivity contribution in [2.75, 3.05) is 20.6 Å². The maximum atomic E-state index is 15.6. The first-order valence-electron chi connectivity index (χ1n) is 10.4. The van der Waals surface area contributed by atoms with Gasteiger partial charge in [-0.2, -0.15) is 0 Å². The molecule has 1 aliphatic rings. The Kier molecular flexibility index (Phi) is 6.47. The van der Waals surface area contributed by atoms with Crippen LogP contribution < -0.4 is 0 Å². The van der Waals surface area contributed by atoms with Gasteiger partial charge in [-0.05, 0) is 68.5 Å². The van der Waals surface area contributed by atoms with Gasteiger partial charge in [0.05, 0.1) is 28.9 Å². The van der Waals surface area contributed by atoms with Crippen molar-refractivity contribution in [1.29, 1.82) is 0 Å². The highest BCUT2D eigenvalue weighted by atomic mass is 35.5. The highest BCUT2D eigenvalue weighted by molar-refractivity contribution is 6.30. The first kappa shape index (κ1) is 23.6. The van der Waals surface area contributed by atoms with Gasteiger partial charge in [-0.25, -0.2) is 4.39 Å². The predicted molar refractivity (Wildman–Crippen MR) is 127 cm³/mol. The Bertz CT molecular complexity index is 1180.